The van der Waals surface area contributed by atoms with Gasteiger partial charge in [0.2, 0.25) is 0 Å². The fraction of sp³-hybridized carbons (Fsp3) is 0.562. The summed E-state index contributed by atoms with van der Waals surface area (Å²) in [6.45, 7) is 6.49. The van der Waals surface area contributed by atoms with E-state index in [9.17, 15) is 4.79 Å². The molecule has 2 rings (SSSR count). The van der Waals surface area contributed by atoms with Crippen LogP contribution in [0.1, 0.15) is 32.3 Å². The molecule has 2 atom stereocenters. The van der Waals surface area contributed by atoms with E-state index in [-0.39, 0.29) is 11.9 Å². The number of rotatable bonds is 5. The second kappa shape index (κ2) is 6.71. The number of hydrogen-bond acceptors (Lipinski definition) is 3. The topological polar surface area (TPSA) is 29.5 Å². The van der Waals surface area contributed by atoms with Gasteiger partial charge in [-0.2, -0.15) is 0 Å². The second-order valence-electron chi connectivity index (χ2n) is 5.48. The minimum atomic E-state index is -0.0945. The van der Waals surface area contributed by atoms with Crippen molar-refractivity contribution in [1.29, 1.82) is 0 Å². The first-order chi connectivity index (χ1) is 9.16. The number of likely N-dealkylation sites (tertiary alicyclic amines) is 1. The standard InChI is InChI=1S/C16H23NO2/c1-13(11-17-10-6-7-14(17)2)16(18)19-12-15-8-4-3-5-9-15/h3-5,8-9,13-14H,6-7,10-12H2,1-2H3. The number of ether oxygens (including phenoxy) is 1. The molecule has 3 heteroatoms. The van der Waals surface area contributed by atoms with Crippen LogP contribution in [-0.4, -0.2) is 30.0 Å². The molecule has 1 saturated heterocycles. The third-order valence-corrected chi connectivity index (χ3v) is 3.83. The quantitative estimate of drug-likeness (QED) is 0.763. The number of nitrogens with zero attached hydrogens (tertiary/aromatic N) is 1. The lowest BCUT2D eigenvalue weighted by atomic mass is 10.1. The Morgan fingerprint density at radius 2 is 2.16 bits per heavy atom. The molecule has 1 heterocycles. The lowest BCUT2D eigenvalue weighted by Crippen LogP contribution is -2.34. The molecule has 0 saturated carbocycles. The Morgan fingerprint density at radius 1 is 1.42 bits per heavy atom. The molecule has 0 amide bonds. The second-order valence-corrected chi connectivity index (χ2v) is 5.48. The molecule has 3 nitrogen and oxygen atoms in total. The maximum atomic E-state index is 12.0. The van der Waals surface area contributed by atoms with Crippen molar-refractivity contribution in [3.63, 3.8) is 0 Å². The van der Waals surface area contributed by atoms with Crippen molar-refractivity contribution in [2.75, 3.05) is 13.1 Å². The van der Waals surface area contributed by atoms with Gasteiger partial charge in [-0.25, -0.2) is 0 Å². The van der Waals surface area contributed by atoms with Crippen LogP contribution in [0.25, 0.3) is 0 Å². The van der Waals surface area contributed by atoms with E-state index in [0.717, 1.165) is 18.7 Å². The molecule has 104 valence electrons. The predicted molar refractivity (Wildman–Crippen MR) is 75.7 cm³/mol. The van der Waals surface area contributed by atoms with Crippen LogP contribution in [0.4, 0.5) is 0 Å². The van der Waals surface area contributed by atoms with Gasteiger partial charge in [0.05, 0.1) is 5.92 Å². The molecule has 2 unspecified atom stereocenters. The third kappa shape index (κ3) is 4.06. The highest BCUT2D eigenvalue weighted by atomic mass is 16.5. The molecule has 1 aliphatic rings. The first-order valence-corrected chi connectivity index (χ1v) is 7.11. The van der Waals surface area contributed by atoms with Crippen LogP contribution in [0.2, 0.25) is 0 Å². The molecule has 0 aromatic heterocycles. The highest BCUT2D eigenvalue weighted by molar-refractivity contribution is 5.72. The molecular weight excluding hydrogens is 238 g/mol. The Bertz CT molecular complexity index is 404. The summed E-state index contributed by atoms with van der Waals surface area (Å²) >= 11 is 0. The van der Waals surface area contributed by atoms with Crippen molar-refractivity contribution in [1.82, 2.24) is 4.90 Å². The molecule has 0 bridgehead atoms. The number of carbonyl (C=O) groups excluding carboxylic acids is 1. The van der Waals surface area contributed by atoms with Crippen LogP contribution in [0.5, 0.6) is 0 Å². The number of esters is 1. The van der Waals surface area contributed by atoms with Crippen molar-refractivity contribution in [3.05, 3.63) is 35.9 Å². The SMILES string of the molecule is CC(CN1CCCC1C)C(=O)OCc1ccccc1. The van der Waals surface area contributed by atoms with E-state index in [2.05, 4.69) is 11.8 Å². The van der Waals surface area contributed by atoms with Crippen molar-refractivity contribution < 1.29 is 9.53 Å². The van der Waals surface area contributed by atoms with Crippen molar-refractivity contribution >= 4 is 5.97 Å². The average Bonchev–Trinajstić information content (AvgIpc) is 2.82. The van der Waals surface area contributed by atoms with Crippen LogP contribution in [0, 0.1) is 5.92 Å². The predicted octanol–water partition coefficient (Wildman–Crippen LogP) is 2.85. The molecular formula is C16H23NO2. The Balaban J connectivity index is 1.76. The maximum absolute atomic E-state index is 12.0. The van der Waals surface area contributed by atoms with Gasteiger partial charge in [-0.3, -0.25) is 9.69 Å². The fourth-order valence-corrected chi connectivity index (χ4v) is 2.56. The minimum absolute atomic E-state index is 0.0516. The van der Waals surface area contributed by atoms with Gasteiger partial charge >= 0.3 is 5.97 Å². The molecule has 1 fully saturated rings. The van der Waals surface area contributed by atoms with Crippen molar-refractivity contribution in [2.45, 2.75) is 39.3 Å². The van der Waals surface area contributed by atoms with Crippen molar-refractivity contribution in [3.8, 4) is 0 Å². The molecule has 0 radical (unpaired) electrons. The molecule has 1 aliphatic heterocycles. The zero-order valence-electron chi connectivity index (χ0n) is 11.8. The summed E-state index contributed by atoms with van der Waals surface area (Å²) in [5, 5.41) is 0. The molecule has 0 aliphatic carbocycles. The van der Waals surface area contributed by atoms with E-state index in [1.54, 1.807) is 0 Å². The highest BCUT2D eigenvalue weighted by Gasteiger charge is 2.25. The summed E-state index contributed by atoms with van der Waals surface area (Å²) in [5.74, 6) is -0.146. The van der Waals surface area contributed by atoms with Gasteiger partial charge in [0.25, 0.3) is 0 Å². The summed E-state index contributed by atoms with van der Waals surface area (Å²) in [7, 11) is 0. The first-order valence-electron chi connectivity index (χ1n) is 7.11. The highest BCUT2D eigenvalue weighted by Crippen LogP contribution is 2.18. The largest absolute Gasteiger partial charge is 0.461 e. The summed E-state index contributed by atoms with van der Waals surface area (Å²) in [4.78, 5) is 14.3. The Kier molecular flexibility index (Phi) is 4.97. The molecule has 1 aromatic rings. The normalized spacial score (nSPS) is 21.3. The van der Waals surface area contributed by atoms with Crippen LogP contribution < -0.4 is 0 Å². The van der Waals surface area contributed by atoms with Gasteiger partial charge in [0, 0.05) is 12.6 Å². The van der Waals surface area contributed by atoms with E-state index in [0.29, 0.717) is 12.6 Å². The lowest BCUT2D eigenvalue weighted by Gasteiger charge is -2.23. The van der Waals surface area contributed by atoms with Crippen LogP contribution in [-0.2, 0) is 16.1 Å². The van der Waals surface area contributed by atoms with Gasteiger partial charge in [-0.05, 0) is 31.9 Å². The summed E-state index contributed by atoms with van der Waals surface area (Å²) in [6, 6.07) is 10.4. The Morgan fingerprint density at radius 3 is 2.79 bits per heavy atom. The number of benzene rings is 1. The average molecular weight is 261 g/mol. The Labute approximate surface area is 115 Å². The van der Waals surface area contributed by atoms with E-state index in [4.69, 9.17) is 4.74 Å². The number of carbonyl (C=O) groups is 1. The summed E-state index contributed by atoms with van der Waals surface area (Å²) in [6.07, 6.45) is 2.48. The van der Waals surface area contributed by atoms with Crippen molar-refractivity contribution in [2.24, 2.45) is 5.92 Å². The summed E-state index contributed by atoms with van der Waals surface area (Å²) < 4.78 is 5.37. The zero-order chi connectivity index (χ0) is 13.7. The van der Waals surface area contributed by atoms with Gasteiger partial charge in [0.15, 0.2) is 0 Å². The zero-order valence-corrected chi connectivity index (χ0v) is 11.8. The number of hydrogen-bond donors (Lipinski definition) is 0. The van der Waals surface area contributed by atoms with Crippen LogP contribution >= 0.6 is 0 Å². The Hall–Kier alpha value is -1.35. The third-order valence-electron chi connectivity index (χ3n) is 3.83. The van der Waals surface area contributed by atoms with E-state index >= 15 is 0 Å². The van der Waals surface area contributed by atoms with Crippen LogP contribution in [0.15, 0.2) is 30.3 Å². The van der Waals surface area contributed by atoms with E-state index in [1.165, 1.54) is 12.8 Å². The van der Waals surface area contributed by atoms with Gasteiger partial charge in [-0.1, -0.05) is 37.3 Å². The van der Waals surface area contributed by atoms with Crippen LogP contribution in [0.3, 0.4) is 0 Å². The first kappa shape index (κ1) is 14.1. The smallest absolute Gasteiger partial charge is 0.310 e. The van der Waals surface area contributed by atoms with Gasteiger partial charge < -0.3 is 4.74 Å². The summed E-state index contributed by atoms with van der Waals surface area (Å²) in [5.41, 5.74) is 1.04. The van der Waals surface area contributed by atoms with Gasteiger partial charge in [0.1, 0.15) is 6.61 Å². The molecule has 0 spiro atoms. The minimum Gasteiger partial charge on any atom is -0.461 e. The molecule has 1 aromatic carbocycles. The molecule has 19 heavy (non-hydrogen) atoms. The molecule has 0 N–H and O–H groups in total. The van der Waals surface area contributed by atoms with E-state index < -0.39 is 0 Å². The maximum Gasteiger partial charge on any atom is 0.310 e. The monoisotopic (exact) mass is 261 g/mol. The van der Waals surface area contributed by atoms with Gasteiger partial charge in [-0.15, -0.1) is 0 Å². The fourth-order valence-electron chi connectivity index (χ4n) is 2.56. The lowest BCUT2D eigenvalue weighted by molar-refractivity contribution is -0.150. The van der Waals surface area contributed by atoms with E-state index in [1.807, 2.05) is 37.3 Å².